The second-order valence-electron chi connectivity index (χ2n) is 7.80. The van der Waals surface area contributed by atoms with Crippen molar-refractivity contribution in [3.63, 3.8) is 0 Å². The molecule has 1 saturated carbocycles. The number of ether oxygens (including phenoxy) is 1. The van der Waals surface area contributed by atoms with Crippen molar-refractivity contribution in [2.45, 2.75) is 50.5 Å². The molecule has 0 unspecified atom stereocenters. The number of rotatable bonds is 4. The Balaban J connectivity index is 1.50. The van der Waals surface area contributed by atoms with Crippen molar-refractivity contribution in [3.8, 4) is 5.75 Å². The summed E-state index contributed by atoms with van der Waals surface area (Å²) in [5, 5.41) is 0.682. The third-order valence-corrected chi connectivity index (χ3v) is 6.12. The highest BCUT2D eigenvalue weighted by Gasteiger charge is 2.46. The molecule has 1 aromatic heterocycles. The molecule has 0 bridgehead atoms. The van der Waals surface area contributed by atoms with Crippen molar-refractivity contribution in [1.29, 1.82) is 0 Å². The molecule has 1 aliphatic heterocycles. The van der Waals surface area contributed by atoms with Gasteiger partial charge in [0.1, 0.15) is 17.6 Å². The topological polar surface area (TPSA) is 59.8 Å². The maximum absolute atomic E-state index is 13.5. The number of carbonyl (C=O) groups is 1. The minimum Gasteiger partial charge on any atom is -0.488 e. The molecule has 1 aromatic carbocycles. The maximum Gasteiger partial charge on any atom is 0.339 e. The second-order valence-corrected chi connectivity index (χ2v) is 8.24. The van der Waals surface area contributed by atoms with E-state index in [9.17, 15) is 9.59 Å². The number of hydrogen-bond acceptors (Lipinski definition) is 4. The molecule has 2 aliphatic rings. The number of nitrogens with zero attached hydrogens (tertiary/aromatic N) is 1. The number of likely N-dealkylation sites (tertiary alicyclic amines) is 1. The lowest BCUT2D eigenvalue weighted by atomic mass is 9.77. The lowest BCUT2D eigenvalue weighted by Crippen LogP contribution is -2.45. The second kappa shape index (κ2) is 7.63. The molecule has 0 N–H and O–H groups in total. The predicted octanol–water partition coefficient (Wildman–Crippen LogP) is 4.09. The van der Waals surface area contributed by atoms with Gasteiger partial charge in [-0.15, -0.1) is 0 Å². The molecule has 6 heteroatoms. The summed E-state index contributed by atoms with van der Waals surface area (Å²) in [6, 6.07) is 10.8. The van der Waals surface area contributed by atoms with Gasteiger partial charge in [0, 0.05) is 24.1 Å². The predicted molar refractivity (Wildman–Crippen MR) is 107 cm³/mol. The Morgan fingerprint density at radius 1 is 1.21 bits per heavy atom. The van der Waals surface area contributed by atoms with Crippen LogP contribution in [0.3, 0.4) is 0 Å². The van der Waals surface area contributed by atoms with Gasteiger partial charge >= 0.3 is 5.63 Å². The van der Waals surface area contributed by atoms with Crippen LogP contribution in [0.2, 0.25) is 5.02 Å². The molecule has 5 nitrogen and oxygen atoms in total. The third kappa shape index (κ3) is 3.68. The molecule has 4 rings (SSSR count). The molecule has 2 fully saturated rings. The first kappa shape index (κ1) is 19.1. The van der Waals surface area contributed by atoms with Crippen LogP contribution in [0.5, 0.6) is 5.75 Å². The van der Waals surface area contributed by atoms with Gasteiger partial charge in [-0.05, 0) is 37.5 Å². The number of hydrogen-bond donors (Lipinski definition) is 0. The summed E-state index contributed by atoms with van der Waals surface area (Å²) in [5.74, 6) is 1.20. The summed E-state index contributed by atoms with van der Waals surface area (Å²) < 4.78 is 10.9. The van der Waals surface area contributed by atoms with Crippen LogP contribution in [-0.2, 0) is 10.2 Å². The smallest absolute Gasteiger partial charge is 0.339 e. The van der Waals surface area contributed by atoms with Crippen LogP contribution in [0.25, 0.3) is 0 Å². The van der Waals surface area contributed by atoms with Crippen molar-refractivity contribution in [1.82, 2.24) is 4.90 Å². The Morgan fingerprint density at radius 2 is 1.93 bits per heavy atom. The molecular formula is C22H24ClNO4. The van der Waals surface area contributed by atoms with E-state index in [1.165, 1.54) is 6.07 Å². The normalized spacial score (nSPS) is 21.1. The molecule has 1 amide bonds. The lowest BCUT2D eigenvalue weighted by molar-refractivity contribution is -0.136. The van der Waals surface area contributed by atoms with E-state index in [-0.39, 0.29) is 12.0 Å². The van der Waals surface area contributed by atoms with E-state index < -0.39 is 11.0 Å². The zero-order valence-corrected chi connectivity index (χ0v) is 16.7. The van der Waals surface area contributed by atoms with Crippen molar-refractivity contribution in [2.24, 2.45) is 0 Å². The molecule has 1 aliphatic carbocycles. The number of carbonyl (C=O) groups excluding carboxylic acids is 1. The Labute approximate surface area is 169 Å². The largest absolute Gasteiger partial charge is 0.488 e. The number of amides is 1. The maximum atomic E-state index is 13.5. The van der Waals surface area contributed by atoms with Gasteiger partial charge in [-0.2, -0.15) is 0 Å². The molecule has 1 saturated heterocycles. The van der Waals surface area contributed by atoms with E-state index in [0.717, 1.165) is 37.7 Å². The van der Waals surface area contributed by atoms with E-state index in [0.29, 0.717) is 29.6 Å². The average Bonchev–Trinajstić information content (AvgIpc) is 3.31. The summed E-state index contributed by atoms with van der Waals surface area (Å²) in [6.07, 6.45) is 4.49. The molecule has 1 atom stereocenters. The van der Waals surface area contributed by atoms with Crippen LogP contribution in [0.15, 0.2) is 45.6 Å². The zero-order valence-electron chi connectivity index (χ0n) is 15.9. The van der Waals surface area contributed by atoms with Crippen LogP contribution < -0.4 is 10.4 Å². The van der Waals surface area contributed by atoms with Gasteiger partial charge in [0.2, 0.25) is 5.91 Å². The van der Waals surface area contributed by atoms with E-state index in [2.05, 4.69) is 0 Å². The number of halogens is 1. The fraction of sp³-hybridized carbons (Fsp3) is 0.455. The molecule has 148 valence electrons. The monoisotopic (exact) mass is 401 g/mol. The van der Waals surface area contributed by atoms with Crippen molar-refractivity contribution in [2.75, 3.05) is 13.1 Å². The Kier molecular flexibility index (Phi) is 5.19. The van der Waals surface area contributed by atoms with Crippen molar-refractivity contribution < 1.29 is 13.9 Å². The summed E-state index contributed by atoms with van der Waals surface area (Å²) in [7, 11) is 0. The summed E-state index contributed by atoms with van der Waals surface area (Å²) >= 11 is 6.05. The standard InChI is InChI=1S/C22H24ClNO4/c1-15-12-19(13-20(25)27-15)28-18-8-11-24(14-18)21(26)22(9-2-3-10-22)16-4-6-17(23)7-5-16/h4-7,12-13,18H,2-3,8-11,14H2,1H3/t18-/m0/s1. The van der Waals surface area contributed by atoms with Crippen LogP contribution in [0, 0.1) is 6.92 Å². The lowest BCUT2D eigenvalue weighted by Gasteiger charge is -2.33. The molecule has 0 radical (unpaired) electrons. The van der Waals surface area contributed by atoms with Gasteiger partial charge in [0.25, 0.3) is 0 Å². The first-order chi connectivity index (χ1) is 13.5. The van der Waals surface area contributed by atoms with Gasteiger partial charge in [0.05, 0.1) is 18.0 Å². The summed E-state index contributed by atoms with van der Waals surface area (Å²) in [4.78, 5) is 27.0. The van der Waals surface area contributed by atoms with Gasteiger partial charge in [-0.1, -0.05) is 36.6 Å². The molecule has 2 aromatic rings. The number of benzene rings is 1. The van der Waals surface area contributed by atoms with Gasteiger partial charge in [-0.25, -0.2) is 4.79 Å². The SMILES string of the molecule is Cc1cc(O[C@H]2CCN(C(=O)C3(c4ccc(Cl)cc4)CCCC3)C2)cc(=O)o1. The average molecular weight is 402 g/mol. The minimum atomic E-state index is -0.454. The molecule has 2 heterocycles. The molecule has 0 spiro atoms. The highest BCUT2D eigenvalue weighted by atomic mass is 35.5. The van der Waals surface area contributed by atoms with Crippen LogP contribution in [0.1, 0.15) is 43.4 Å². The minimum absolute atomic E-state index is 0.117. The fourth-order valence-electron chi connectivity index (χ4n) is 4.52. The third-order valence-electron chi connectivity index (χ3n) is 5.87. The molecular weight excluding hydrogens is 378 g/mol. The number of aryl methyl sites for hydroxylation is 1. The zero-order chi connectivity index (χ0) is 19.7. The van der Waals surface area contributed by atoms with Crippen LogP contribution in [-0.4, -0.2) is 30.0 Å². The van der Waals surface area contributed by atoms with Crippen LogP contribution in [0.4, 0.5) is 0 Å². The summed E-state index contributed by atoms with van der Waals surface area (Å²) in [5.41, 5.74) is 0.179. The highest BCUT2D eigenvalue weighted by molar-refractivity contribution is 6.30. The van der Waals surface area contributed by atoms with E-state index in [1.807, 2.05) is 29.2 Å². The van der Waals surface area contributed by atoms with E-state index in [1.54, 1.807) is 13.0 Å². The Hall–Kier alpha value is -2.27. The molecule has 28 heavy (non-hydrogen) atoms. The summed E-state index contributed by atoms with van der Waals surface area (Å²) in [6.45, 7) is 2.92. The van der Waals surface area contributed by atoms with Crippen LogP contribution >= 0.6 is 11.6 Å². The van der Waals surface area contributed by atoms with E-state index >= 15 is 0 Å². The van der Waals surface area contributed by atoms with Gasteiger partial charge in [-0.3, -0.25) is 4.79 Å². The van der Waals surface area contributed by atoms with Gasteiger partial charge < -0.3 is 14.1 Å². The first-order valence-electron chi connectivity index (χ1n) is 9.80. The van der Waals surface area contributed by atoms with Crippen molar-refractivity contribution in [3.05, 3.63) is 63.2 Å². The first-order valence-corrected chi connectivity index (χ1v) is 10.2. The highest BCUT2D eigenvalue weighted by Crippen LogP contribution is 2.43. The van der Waals surface area contributed by atoms with E-state index in [4.69, 9.17) is 20.8 Å². The van der Waals surface area contributed by atoms with Crippen molar-refractivity contribution >= 4 is 17.5 Å². The Morgan fingerprint density at radius 3 is 2.61 bits per heavy atom. The Bertz CT molecular complexity index is 915. The quantitative estimate of drug-likeness (QED) is 0.774. The fourth-order valence-corrected chi connectivity index (χ4v) is 4.65. The van der Waals surface area contributed by atoms with Gasteiger partial charge in [0.15, 0.2) is 0 Å².